The Labute approximate surface area is 94.4 Å². The van der Waals surface area contributed by atoms with Gasteiger partial charge in [0.05, 0.1) is 0 Å². The lowest BCUT2D eigenvalue weighted by Gasteiger charge is -2.37. The summed E-state index contributed by atoms with van der Waals surface area (Å²) >= 11 is 0. The first-order chi connectivity index (χ1) is 7.42. The largest absolute Gasteiger partial charge is 0.317 e. The molecule has 2 saturated heterocycles. The van der Waals surface area contributed by atoms with Crippen LogP contribution in [0.1, 0.15) is 45.4 Å². The molecule has 1 atom stereocenters. The Hall–Kier alpha value is -0.0800. The van der Waals surface area contributed by atoms with E-state index in [0.717, 1.165) is 12.0 Å². The highest BCUT2D eigenvalue weighted by molar-refractivity contribution is 4.84. The number of hydrogen-bond donors (Lipinski definition) is 1. The summed E-state index contributed by atoms with van der Waals surface area (Å²) in [6, 6.07) is 0.902. The average Bonchev–Trinajstić information content (AvgIpc) is 2.55. The lowest BCUT2D eigenvalue weighted by atomic mass is 9.87. The molecule has 1 N–H and O–H groups in total. The van der Waals surface area contributed by atoms with Gasteiger partial charge in [-0.05, 0) is 57.8 Å². The van der Waals surface area contributed by atoms with Gasteiger partial charge in [-0.1, -0.05) is 19.8 Å². The maximum absolute atomic E-state index is 3.48. The van der Waals surface area contributed by atoms with Crippen molar-refractivity contribution in [2.24, 2.45) is 5.92 Å². The number of piperidine rings is 1. The summed E-state index contributed by atoms with van der Waals surface area (Å²) in [5.74, 6) is 0.976. The molecule has 0 spiro atoms. The lowest BCUT2D eigenvalue weighted by molar-refractivity contribution is 0.128. The molecular formula is C13H26N2. The van der Waals surface area contributed by atoms with Crippen molar-refractivity contribution < 1.29 is 0 Å². The highest BCUT2D eigenvalue weighted by Crippen LogP contribution is 2.27. The van der Waals surface area contributed by atoms with Crippen molar-refractivity contribution in [3.8, 4) is 0 Å². The molecule has 0 amide bonds. The van der Waals surface area contributed by atoms with Crippen LogP contribution in [0, 0.1) is 5.92 Å². The van der Waals surface area contributed by atoms with E-state index in [9.17, 15) is 0 Å². The van der Waals surface area contributed by atoms with Crippen LogP contribution in [0.2, 0.25) is 0 Å². The highest BCUT2D eigenvalue weighted by atomic mass is 15.2. The van der Waals surface area contributed by atoms with Crippen LogP contribution >= 0.6 is 0 Å². The van der Waals surface area contributed by atoms with Gasteiger partial charge in [0.25, 0.3) is 0 Å². The minimum absolute atomic E-state index is 0.902. The van der Waals surface area contributed by atoms with E-state index >= 15 is 0 Å². The molecule has 0 bridgehead atoms. The zero-order valence-electron chi connectivity index (χ0n) is 10.2. The summed E-state index contributed by atoms with van der Waals surface area (Å²) in [5, 5.41) is 3.48. The molecule has 0 radical (unpaired) electrons. The number of likely N-dealkylation sites (tertiary alicyclic amines) is 1. The van der Waals surface area contributed by atoms with Gasteiger partial charge in [-0.15, -0.1) is 0 Å². The molecule has 2 aliphatic rings. The zero-order chi connectivity index (χ0) is 10.5. The van der Waals surface area contributed by atoms with E-state index in [-0.39, 0.29) is 0 Å². The van der Waals surface area contributed by atoms with Crippen molar-refractivity contribution in [1.82, 2.24) is 10.2 Å². The molecule has 1 unspecified atom stereocenters. The van der Waals surface area contributed by atoms with Crippen LogP contribution < -0.4 is 5.32 Å². The minimum Gasteiger partial charge on any atom is -0.317 e. The van der Waals surface area contributed by atoms with Crippen LogP contribution in [0.3, 0.4) is 0 Å². The molecule has 2 nitrogen and oxygen atoms in total. The Kier molecular flexibility index (Phi) is 4.45. The summed E-state index contributed by atoms with van der Waals surface area (Å²) in [6.45, 7) is 7.44. The van der Waals surface area contributed by atoms with Crippen molar-refractivity contribution in [2.75, 3.05) is 26.2 Å². The Balaban J connectivity index is 1.95. The van der Waals surface area contributed by atoms with Crippen molar-refractivity contribution in [2.45, 2.75) is 51.5 Å². The lowest BCUT2D eigenvalue weighted by Crippen LogP contribution is -2.44. The summed E-state index contributed by atoms with van der Waals surface area (Å²) in [5.41, 5.74) is 0. The van der Waals surface area contributed by atoms with E-state index < -0.39 is 0 Å². The van der Waals surface area contributed by atoms with Gasteiger partial charge in [0.2, 0.25) is 0 Å². The molecule has 15 heavy (non-hydrogen) atoms. The third-order valence-corrected chi connectivity index (χ3v) is 4.25. The molecule has 88 valence electrons. The van der Waals surface area contributed by atoms with E-state index in [1.807, 2.05) is 0 Å². The number of nitrogens with zero attached hydrogens (tertiary/aromatic N) is 1. The van der Waals surface area contributed by atoms with Gasteiger partial charge in [-0.25, -0.2) is 0 Å². The van der Waals surface area contributed by atoms with Crippen LogP contribution in [0.15, 0.2) is 0 Å². The van der Waals surface area contributed by atoms with E-state index in [1.165, 1.54) is 64.7 Å². The van der Waals surface area contributed by atoms with Gasteiger partial charge in [0.15, 0.2) is 0 Å². The molecule has 2 heterocycles. The molecule has 2 fully saturated rings. The second kappa shape index (κ2) is 5.86. The molecule has 2 aliphatic heterocycles. The van der Waals surface area contributed by atoms with Gasteiger partial charge in [-0.2, -0.15) is 0 Å². The third kappa shape index (κ3) is 2.94. The summed E-state index contributed by atoms with van der Waals surface area (Å²) in [7, 11) is 0. The molecule has 0 aliphatic carbocycles. The number of rotatable bonds is 2. The summed E-state index contributed by atoms with van der Waals surface area (Å²) < 4.78 is 0. The SMILES string of the molecule is CCN1CCCCCC1C1CCNCC1. The van der Waals surface area contributed by atoms with Crippen LogP contribution in [-0.4, -0.2) is 37.1 Å². The van der Waals surface area contributed by atoms with E-state index in [0.29, 0.717) is 0 Å². The average molecular weight is 210 g/mol. The first-order valence-corrected chi connectivity index (χ1v) is 6.86. The van der Waals surface area contributed by atoms with E-state index in [1.54, 1.807) is 0 Å². The Morgan fingerprint density at radius 2 is 1.87 bits per heavy atom. The quantitative estimate of drug-likeness (QED) is 0.752. The van der Waals surface area contributed by atoms with Crippen LogP contribution in [0.5, 0.6) is 0 Å². The monoisotopic (exact) mass is 210 g/mol. The Morgan fingerprint density at radius 3 is 2.60 bits per heavy atom. The number of hydrogen-bond acceptors (Lipinski definition) is 2. The molecular weight excluding hydrogens is 184 g/mol. The Morgan fingerprint density at radius 1 is 1.07 bits per heavy atom. The zero-order valence-corrected chi connectivity index (χ0v) is 10.2. The molecule has 2 heteroatoms. The minimum atomic E-state index is 0.902. The van der Waals surface area contributed by atoms with Crippen LogP contribution in [0.25, 0.3) is 0 Å². The standard InChI is InChI=1S/C13H26N2/c1-2-15-11-5-3-4-6-13(15)12-7-9-14-10-8-12/h12-14H,2-11H2,1H3. The molecule has 0 saturated carbocycles. The second-order valence-electron chi connectivity index (χ2n) is 5.13. The normalized spacial score (nSPS) is 31.4. The fourth-order valence-corrected chi connectivity index (χ4v) is 3.35. The maximum Gasteiger partial charge on any atom is 0.0124 e. The van der Waals surface area contributed by atoms with E-state index in [2.05, 4.69) is 17.1 Å². The molecule has 0 aromatic rings. The fraction of sp³-hybridized carbons (Fsp3) is 1.00. The van der Waals surface area contributed by atoms with E-state index in [4.69, 9.17) is 0 Å². The second-order valence-corrected chi connectivity index (χ2v) is 5.13. The smallest absolute Gasteiger partial charge is 0.0124 e. The van der Waals surface area contributed by atoms with Gasteiger partial charge in [-0.3, -0.25) is 0 Å². The van der Waals surface area contributed by atoms with Gasteiger partial charge in [0, 0.05) is 6.04 Å². The summed E-state index contributed by atoms with van der Waals surface area (Å²) in [4.78, 5) is 2.75. The van der Waals surface area contributed by atoms with Crippen molar-refractivity contribution in [3.63, 3.8) is 0 Å². The van der Waals surface area contributed by atoms with Crippen LogP contribution in [0.4, 0.5) is 0 Å². The van der Waals surface area contributed by atoms with Gasteiger partial charge < -0.3 is 10.2 Å². The van der Waals surface area contributed by atoms with Crippen molar-refractivity contribution in [3.05, 3.63) is 0 Å². The maximum atomic E-state index is 3.48. The first kappa shape index (κ1) is 11.4. The van der Waals surface area contributed by atoms with Crippen molar-refractivity contribution >= 4 is 0 Å². The molecule has 2 rings (SSSR count). The predicted octanol–water partition coefficient (Wildman–Crippen LogP) is 2.25. The van der Waals surface area contributed by atoms with Gasteiger partial charge >= 0.3 is 0 Å². The predicted molar refractivity (Wildman–Crippen MR) is 65.1 cm³/mol. The Bertz CT molecular complexity index is 175. The highest BCUT2D eigenvalue weighted by Gasteiger charge is 2.28. The summed E-state index contributed by atoms with van der Waals surface area (Å²) in [6.07, 6.45) is 8.61. The molecule has 0 aromatic heterocycles. The van der Waals surface area contributed by atoms with Crippen molar-refractivity contribution in [1.29, 1.82) is 0 Å². The molecule has 0 aromatic carbocycles. The fourth-order valence-electron chi connectivity index (χ4n) is 3.35. The number of nitrogens with one attached hydrogen (secondary N) is 1. The third-order valence-electron chi connectivity index (χ3n) is 4.25. The first-order valence-electron chi connectivity index (χ1n) is 6.86. The topological polar surface area (TPSA) is 15.3 Å². The van der Waals surface area contributed by atoms with Gasteiger partial charge in [0.1, 0.15) is 0 Å². The van der Waals surface area contributed by atoms with Crippen LogP contribution in [-0.2, 0) is 0 Å².